The van der Waals surface area contributed by atoms with Crippen molar-refractivity contribution in [3.8, 4) is 0 Å². The number of likely N-dealkylation sites (N-methyl/N-ethyl adjacent to an activating group) is 1. The highest BCUT2D eigenvalue weighted by Gasteiger charge is 2.12. The van der Waals surface area contributed by atoms with Crippen LogP contribution in [0.15, 0.2) is 42.6 Å². The molecule has 0 saturated heterocycles. The summed E-state index contributed by atoms with van der Waals surface area (Å²) in [6, 6.07) is 10.9. The maximum atomic E-state index is 11.5. The van der Waals surface area contributed by atoms with Crippen LogP contribution in [0.2, 0.25) is 0 Å². The van der Waals surface area contributed by atoms with Crippen LogP contribution >= 0.6 is 0 Å². The maximum Gasteiger partial charge on any atom is 0.250 e. The summed E-state index contributed by atoms with van der Waals surface area (Å²) in [4.78, 5) is 17.7. The van der Waals surface area contributed by atoms with E-state index in [-0.39, 0.29) is 0 Å². The van der Waals surface area contributed by atoms with Crippen LogP contribution in [0, 0.1) is 0 Å². The monoisotopic (exact) mass is 270 g/mol. The van der Waals surface area contributed by atoms with E-state index in [1.807, 2.05) is 30.1 Å². The minimum atomic E-state index is -0.454. The first-order valence-electron chi connectivity index (χ1n) is 6.38. The van der Waals surface area contributed by atoms with Gasteiger partial charge in [0.2, 0.25) is 0 Å². The molecular weight excluding hydrogens is 252 g/mol. The Morgan fingerprint density at radius 2 is 2.10 bits per heavy atom. The second-order valence-electron chi connectivity index (χ2n) is 4.63. The fourth-order valence-electron chi connectivity index (χ4n) is 2.02. The molecular formula is C15H18N4O. The molecule has 0 unspecified atom stereocenters. The first-order chi connectivity index (χ1) is 9.58. The average molecular weight is 270 g/mol. The van der Waals surface area contributed by atoms with Crippen molar-refractivity contribution in [1.82, 2.24) is 4.98 Å². The molecule has 0 atom stereocenters. The van der Waals surface area contributed by atoms with Gasteiger partial charge < -0.3 is 16.4 Å². The summed E-state index contributed by atoms with van der Waals surface area (Å²) in [5.74, 6) is -0.454. The lowest BCUT2D eigenvalue weighted by Gasteiger charge is -2.21. The third kappa shape index (κ3) is 3.26. The van der Waals surface area contributed by atoms with Crippen molar-refractivity contribution in [3.05, 3.63) is 53.9 Å². The van der Waals surface area contributed by atoms with Crippen molar-refractivity contribution in [1.29, 1.82) is 0 Å². The number of hydrogen-bond acceptors (Lipinski definition) is 4. The van der Waals surface area contributed by atoms with Gasteiger partial charge in [0.05, 0.1) is 11.3 Å². The molecule has 0 aliphatic carbocycles. The van der Waals surface area contributed by atoms with E-state index < -0.39 is 5.91 Å². The molecule has 5 nitrogen and oxygen atoms in total. The fourth-order valence-corrected chi connectivity index (χ4v) is 2.02. The van der Waals surface area contributed by atoms with E-state index in [0.29, 0.717) is 11.3 Å². The van der Waals surface area contributed by atoms with Gasteiger partial charge in [-0.2, -0.15) is 0 Å². The topological polar surface area (TPSA) is 85.2 Å². The van der Waals surface area contributed by atoms with Crippen LogP contribution in [0.5, 0.6) is 0 Å². The van der Waals surface area contributed by atoms with Crippen molar-refractivity contribution in [2.24, 2.45) is 5.73 Å². The number of nitrogens with zero attached hydrogens (tertiary/aromatic N) is 2. The van der Waals surface area contributed by atoms with Gasteiger partial charge in [0.15, 0.2) is 0 Å². The van der Waals surface area contributed by atoms with Crippen LogP contribution < -0.4 is 16.4 Å². The Morgan fingerprint density at radius 1 is 1.30 bits per heavy atom. The van der Waals surface area contributed by atoms with Gasteiger partial charge in [-0.25, -0.2) is 0 Å². The summed E-state index contributed by atoms with van der Waals surface area (Å²) in [6.45, 7) is 0.723. The molecule has 1 heterocycles. The lowest BCUT2D eigenvalue weighted by Crippen LogP contribution is -2.24. The SMILES string of the molecule is CN(CCc1ccccn1)c1cc(N)ccc1C(N)=O. The first kappa shape index (κ1) is 13.9. The fraction of sp³-hybridized carbons (Fsp3) is 0.200. The van der Waals surface area contributed by atoms with Gasteiger partial charge in [0.25, 0.3) is 5.91 Å². The van der Waals surface area contributed by atoms with Crippen molar-refractivity contribution in [3.63, 3.8) is 0 Å². The lowest BCUT2D eigenvalue weighted by molar-refractivity contribution is 0.100. The Balaban J connectivity index is 2.14. The Labute approximate surface area is 118 Å². The highest BCUT2D eigenvalue weighted by Crippen LogP contribution is 2.22. The zero-order valence-corrected chi connectivity index (χ0v) is 11.4. The number of carbonyl (C=O) groups is 1. The number of pyridine rings is 1. The van der Waals surface area contributed by atoms with Gasteiger partial charge in [-0.15, -0.1) is 0 Å². The predicted octanol–water partition coefficient (Wildman–Crippen LogP) is 1.44. The Bertz CT molecular complexity index is 598. The van der Waals surface area contributed by atoms with Crippen molar-refractivity contribution >= 4 is 17.3 Å². The Hall–Kier alpha value is -2.56. The van der Waals surface area contributed by atoms with Crippen LogP contribution in [-0.2, 0) is 6.42 Å². The average Bonchev–Trinajstić information content (AvgIpc) is 2.45. The largest absolute Gasteiger partial charge is 0.399 e. The minimum Gasteiger partial charge on any atom is -0.399 e. The quantitative estimate of drug-likeness (QED) is 0.805. The smallest absolute Gasteiger partial charge is 0.250 e. The number of rotatable bonds is 5. The van der Waals surface area contributed by atoms with E-state index in [0.717, 1.165) is 24.3 Å². The summed E-state index contributed by atoms with van der Waals surface area (Å²) in [5, 5.41) is 0. The van der Waals surface area contributed by atoms with Crippen LogP contribution in [0.4, 0.5) is 11.4 Å². The molecule has 0 aliphatic heterocycles. The van der Waals surface area contributed by atoms with E-state index in [1.165, 1.54) is 0 Å². The summed E-state index contributed by atoms with van der Waals surface area (Å²) < 4.78 is 0. The molecule has 2 rings (SSSR count). The Morgan fingerprint density at radius 3 is 2.75 bits per heavy atom. The summed E-state index contributed by atoms with van der Waals surface area (Å²) in [5.41, 5.74) is 14.0. The molecule has 0 fully saturated rings. The number of benzene rings is 1. The second kappa shape index (κ2) is 6.06. The number of anilines is 2. The van der Waals surface area contributed by atoms with Crippen LogP contribution in [0.3, 0.4) is 0 Å². The third-order valence-electron chi connectivity index (χ3n) is 3.13. The van der Waals surface area contributed by atoms with Gasteiger partial charge in [-0.1, -0.05) is 6.07 Å². The maximum absolute atomic E-state index is 11.5. The predicted molar refractivity (Wildman–Crippen MR) is 80.6 cm³/mol. The van der Waals surface area contributed by atoms with Crippen molar-refractivity contribution < 1.29 is 4.79 Å². The van der Waals surface area contributed by atoms with Crippen LogP contribution in [0.25, 0.3) is 0 Å². The molecule has 0 bridgehead atoms. The van der Waals surface area contributed by atoms with E-state index in [2.05, 4.69) is 4.98 Å². The Kier molecular flexibility index (Phi) is 4.20. The molecule has 1 aromatic heterocycles. The number of amides is 1. The standard InChI is InChI=1S/C15H18N4O/c1-19(9-7-12-4-2-3-8-18-12)14-10-11(16)5-6-13(14)15(17)20/h2-6,8,10H,7,9,16H2,1H3,(H2,17,20). The molecule has 0 radical (unpaired) electrons. The van der Waals surface area contributed by atoms with Crippen molar-refractivity contribution in [2.45, 2.75) is 6.42 Å². The molecule has 104 valence electrons. The molecule has 0 spiro atoms. The zero-order valence-electron chi connectivity index (χ0n) is 11.4. The number of aromatic nitrogens is 1. The number of nitrogens with two attached hydrogens (primary N) is 2. The highest BCUT2D eigenvalue weighted by molar-refractivity contribution is 5.99. The van der Waals surface area contributed by atoms with E-state index >= 15 is 0 Å². The molecule has 1 aromatic carbocycles. The molecule has 2 aromatic rings. The van der Waals surface area contributed by atoms with Gasteiger partial charge >= 0.3 is 0 Å². The lowest BCUT2D eigenvalue weighted by atomic mass is 10.1. The highest BCUT2D eigenvalue weighted by atomic mass is 16.1. The number of nitrogen functional groups attached to an aromatic ring is 1. The normalized spacial score (nSPS) is 10.2. The number of primary amides is 1. The zero-order chi connectivity index (χ0) is 14.5. The number of hydrogen-bond donors (Lipinski definition) is 2. The molecule has 0 saturated carbocycles. The third-order valence-corrected chi connectivity index (χ3v) is 3.13. The van der Waals surface area contributed by atoms with Crippen LogP contribution in [-0.4, -0.2) is 24.5 Å². The summed E-state index contributed by atoms with van der Waals surface area (Å²) in [6.07, 6.45) is 2.55. The van der Waals surface area contributed by atoms with Crippen LogP contribution in [0.1, 0.15) is 16.1 Å². The van der Waals surface area contributed by atoms with Gasteiger partial charge in [-0.05, 0) is 30.3 Å². The minimum absolute atomic E-state index is 0.454. The van der Waals surface area contributed by atoms with Gasteiger partial charge in [0, 0.05) is 37.6 Å². The molecule has 4 N–H and O–H groups in total. The molecule has 1 amide bonds. The summed E-state index contributed by atoms with van der Waals surface area (Å²) >= 11 is 0. The summed E-state index contributed by atoms with van der Waals surface area (Å²) in [7, 11) is 1.91. The van der Waals surface area contributed by atoms with Gasteiger partial charge in [-0.3, -0.25) is 9.78 Å². The molecule has 0 aliphatic rings. The van der Waals surface area contributed by atoms with Crippen molar-refractivity contribution in [2.75, 3.05) is 24.2 Å². The second-order valence-corrected chi connectivity index (χ2v) is 4.63. The van der Waals surface area contributed by atoms with E-state index in [4.69, 9.17) is 11.5 Å². The van der Waals surface area contributed by atoms with E-state index in [1.54, 1.807) is 24.4 Å². The number of carbonyl (C=O) groups excluding carboxylic acids is 1. The molecule has 5 heteroatoms. The van der Waals surface area contributed by atoms with Gasteiger partial charge in [0.1, 0.15) is 0 Å². The first-order valence-corrected chi connectivity index (χ1v) is 6.38. The van der Waals surface area contributed by atoms with E-state index in [9.17, 15) is 4.79 Å². The molecule has 20 heavy (non-hydrogen) atoms.